The summed E-state index contributed by atoms with van der Waals surface area (Å²) in [7, 11) is 1.46. The van der Waals surface area contributed by atoms with Gasteiger partial charge in [-0.05, 0) is 47.6 Å². The number of ether oxygens (including phenoxy) is 2. The predicted molar refractivity (Wildman–Crippen MR) is 104 cm³/mol. The molecule has 0 spiro atoms. The third-order valence-corrected chi connectivity index (χ3v) is 6.73. The number of amides is 1. The van der Waals surface area contributed by atoms with Crippen molar-refractivity contribution in [2.45, 2.75) is 18.9 Å². The van der Waals surface area contributed by atoms with Crippen molar-refractivity contribution < 1.29 is 22.7 Å². The average Bonchev–Trinajstić information content (AvgIpc) is 2.59. The van der Waals surface area contributed by atoms with Gasteiger partial charge in [0.15, 0.2) is 11.5 Å². The highest BCUT2D eigenvalue weighted by Gasteiger charge is 2.30. The second-order valence-corrected chi connectivity index (χ2v) is 9.19. The molecule has 0 unspecified atom stereocenters. The van der Waals surface area contributed by atoms with Crippen LogP contribution in [0.3, 0.4) is 0 Å². The first-order chi connectivity index (χ1) is 11.7. The summed E-state index contributed by atoms with van der Waals surface area (Å²) in [4.78, 5) is 14.6. The maximum Gasteiger partial charge on any atom is 0.255 e. The molecule has 0 N–H and O–H groups in total. The minimum atomic E-state index is -3.22. The lowest BCUT2D eigenvalue weighted by molar-refractivity contribution is 0.0685. The van der Waals surface area contributed by atoms with Crippen molar-refractivity contribution in [3.8, 4) is 11.5 Å². The first kappa shape index (κ1) is 20.2. The summed E-state index contributed by atoms with van der Waals surface area (Å²) < 4.78 is 36.0. The van der Waals surface area contributed by atoms with E-state index in [4.69, 9.17) is 9.47 Å². The zero-order valence-electron chi connectivity index (χ0n) is 14.8. The molecule has 9 heteroatoms. The fraction of sp³-hybridized carbons (Fsp3) is 0.562. The van der Waals surface area contributed by atoms with Gasteiger partial charge in [-0.25, -0.2) is 12.7 Å². The Balaban J connectivity index is 2.13. The number of carbonyl (C=O) groups is 1. The molecule has 2 rings (SSSR count). The molecule has 0 saturated carbocycles. The van der Waals surface area contributed by atoms with E-state index in [1.165, 1.54) is 17.7 Å². The van der Waals surface area contributed by atoms with Gasteiger partial charge in [-0.15, -0.1) is 0 Å². The summed E-state index contributed by atoms with van der Waals surface area (Å²) in [5.74, 6) is 1.01. The van der Waals surface area contributed by atoms with Crippen LogP contribution in [0.5, 0.6) is 11.5 Å². The molecule has 1 aliphatic rings. The number of benzene rings is 1. The molecule has 0 aliphatic carbocycles. The van der Waals surface area contributed by atoms with Crippen molar-refractivity contribution >= 4 is 38.5 Å². The van der Waals surface area contributed by atoms with E-state index in [9.17, 15) is 13.2 Å². The van der Waals surface area contributed by atoms with Crippen LogP contribution in [-0.2, 0) is 10.0 Å². The average molecular weight is 482 g/mol. The van der Waals surface area contributed by atoms with Crippen LogP contribution < -0.4 is 9.47 Å². The van der Waals surface area contributed by atoms with Crippen molar-refractivity contribution in [1.29, 1.82) is 0 Å². The summed E-state index contributed by atoms with van der Waals surface area (Å²) in [6.07, 6.45) is 2.45. The lowest BCUT2D eigenvalue weighted by Crippen LogP contribution is -2.47. The van der Waals surface area contributed by atoms with E-state index in [1.54, 1.807) is 31.2 Å². The molecule has 1 aromatic rings. The number of carbonyl (C=O) groups excluding carboxylic acids is 1. The Kier molecular flexibility index (Phi) is 6.55. The van der Waals surface area contributed by atoms with Crippen LogP contribution in [-0.4, -0.2) is 70.2 Å². The quantitative estimate of drug-likeness (QED) is 0.599. The molecule has 140 valence electrons. The number of likely N-dealkylation sites (tertiary alicyclic amines) is 1. The SMILES string of the molecule is COc1cc(I)c(C(=O)N2CCC(N(C)S(C)(=O)=O)CC2)cc1OC. The molecule has 7 nitrogen and oxygen atoms in total. The summed E-state index contributed by atoms with van der Waals surface area (Å²) in [5.41, 5.74) is 0.563. The summed E-state index contributed by atoms with van der Waals surface area (Å²) >= 11 is 2.11. The number of nitrogens with zero attached hydrogens (tertiary/aromatic N) is 2. The van der Waals surface area contributed by atoms with Crippen LogP contribution in [0, 0.1) is 3.57 Å². The smallest absolute Gasteiger partial charge is 0.255 e. The molecule has 0 bridgehead atoms. The van der Waals surface area contributed by atoms with Crippen LogP contribution in [0.1, 0.15) is 23.2 Å². The third kappa shape index (κ3) is 4.56. The highest BCUT2D eigenvalue weighted by Crippen LogP contribution is 2.32. The highest BCUT2D eigenvalue weighted by molar-refractivity contribution is 14.1. The molecular formula is C16H23IN2O5S. The van der Waals surface area contributed by atoms with Crippen LogP contribution in [0.4, 0.5) is 0 Å². The second-order valence-electron chi connectivity index (χ2n) is 5.99. The first-order valence-electron chi connectivity index (χ1n) is 7.82. The van der Waals surface area contributed by atoms with E-state index in [-0.39, 0.29) is 11.9 Å². The standard InChI is InChI=1S/C16H23IN2O5S/c1-18(25(4,21)22)11-5-7-19(8-6-11)16(20)12-9-14(23-2)15(24-3)10-13(12)17/h9-11H,5-8H2,1-4H3. The van der Waals surface area contributed by atoms with E-state index in [0.29, 0.717) is 43.0 Å². The van der Waals surface area contributed by atoms with Crippen molar-refractivity contribution in [1.82, 2.24) is 9.21 Å². The van der Waals surface area contributed by atoms with Crippen molar-refractivity contribution in [2.75, 3.05) is 40.6 Å². The van der Waals surface area contributed by atoms with E-state index in [1.807, 2.05) is 0 Å². The van der Waals surface area contributed by atoms with Gasteiger partial charge in [0.1, 0.15) is 0 Å². The van der Waals surface area contributed by atoms with Crippen molar-refractivity contribution in [3.63, 3.8) is 0 Å². The molecule has 1 heterocycles. The van der Waals surface area contributed by atoms with Gasteiger partial charge in [-0.3, -0.25) is 4.79 Å². The van der Waals surface area contributed by atoms with Crippen LogP contribution in [0.25, 0.3) is 0 Å². The second kappa shape index (κ2) is 8.09. The Hall–Kier alpha value is -1.07. The molecular weight excluding hydrogens is 459 g/mol. The summed E-state index contributed by atoms with van der Waals surface area (Å²) in [6, 6.07) is 3.40. The molecule has 1 amide bonds. The number of piperidine rings is 1. The van der Waals surface area contributed by atoms with E-state index in [0.717, 1.165) is 3.57 Å². The molecule has 1 aromatic carbocycles. The zero-order chi connectivity index (χ0) is 18.8. The molecule has 1 fully saturated rings. The van der Waals surface area contributed by atoms with Gasteiger partial charge in [0.05, 0.1) is 26.0 Å². The zero-order valence-corrected chi connectivity index (χ0v) is 17.8. The lowest BCUT2D eigenvalue weighted by Gasteiger charge is -2.35. The number of hydrogen-bond donors (Lipinski definition) is 0. The van der Waals surface area contributed by atoms with Gasteiger partial charge in [0.25, 0.3) is 5.91 Å². The molecule has 25 heavy (non-hydrogen) atoms. The monoisotopic (exact) mass is 482 g/mol. The number of sulfonamides is 1. The first-order valence-corrected chi connectivity index (χ1v) is 10.8. The van der Waals surface area contributed by atoms with Crippen molar-refractivity contribution in [2.24, 2.45) is 0 Å². The van der Waals surface area contributed by atoms with E-state index < -0.39 is 10.0 Å². The van der Waals surface area contributed by atoms with Gasteiger partial charge < -0.3 is 14.4 Å². The van der Waals surface area contributed by atoms with Crippen LogP contribution >= 0.6 is 22.6 Å². The Bertz CT molecular complexity index is 745. The van der Waals surface area contributed by atoms with Crippen molar-refractivity contribution in [3.05, 3.63) is 21.3 Å². The Morgan fingerprint density at radius 3 is 2.20 bits per heavy atom. The number of hydrogen-bond acceptors (Lipinski definition) is 5. The normalized spacial score (nSPS) is 16.2. The Morgan fingerprint density at radius 1 is 1.20 bits per heavy atom. The maximum absolute atomic E-state index is 12.9. The highest BCUT2D eigenvalue weighted by atomic mass is 127. The largest absolute Gasteiger partial charge is 0.493 e. The van der Waals surface area contributed by atoms with Crippen LogP contribution in [0.2, 0.25) is 0 Å². The van der Waals surface area contributed by atoms with Gasteiger partial charge in [-0.1, -0.05) is 0 Å². The van der Waals surface area contributed by atoms with Gasteiger partial charge in [0.2, 0.25) is 10.0 Å². The van der Waals surface area contributed by atoms with Gasteiger partial charge in [-0.2, -0.15) is 0 Å². The number of halogens is 1. The molecule has 0 radical (unpaired) electrons. The minimum Gasteiger partial charge on any atom is -0.493 e. The Labute approximate surface area is 162 Å². The fourth-order valence-electron chi connectivity index (χ4n) is 2.89. The summed E-state index contributed by atoms with van der Waals surface area (Å²) in [6.45, 7) is 1.04. The Morgan fingerprint density at radius 2 is 1.72 bits per heavy atom. The molecule has 1 saturated heterocycles. The molecule has 0 aromatic heterocycles. The molecule has 0 atom stereocenters. The van der Waals surface area contributed by atoms with Gasteiger partial charge >= 0.3 is 0 Å². The number of methoxy groups -OCH3 is 2. The third-order valence-electron chi connectivity index (χ3n) is 4.49. The minimum absolute atomic E-state index is 0.0662. The predicted octanol–water partition coefficient (Wildman–Crippen LogP) is 1.80. The lowest BCUT2D eigenvalue weighted by atomic mass is 10.0. The molecule has 1 aliphatic heterocycles. The topological polar surface area (TPSA) is 76.2 Å². The van der Waals surface area contributed by atoms with Crippen LogP contribution in [0.15, 0.2) is 12.1 Å². The summed E-state index contributed by atoms with van der Waals surface area (Å²) in [5, 5.41) is 0. The number of rotatable bonds is 5. The van der Waals surface area contributed by atoms with E-state index >= 15 is 0 Å². The fourth-order valence-corrected chi connectivity index (χ4v) is 4.31. The van der Waals surface area contributed by atoms with Gasteiger partial charge in [0, 0.05) is 29.7 Å². The van der Waals surface area contributed by atoms with E-state index in [2.05, 4.69) is 22.6 Å². The maximum atomic E-state index is 12.9.